The molecule has 0 aromatic heterocycles. The summed E-state index contributed by atoms with van der Waals surface area (Å²) < 4.78 is 0. The largest absolute Gasteiger partial charge is 0.481 e. The predicted octanol–water partition coefficient (Wildman–Crippen LogP) is 1.45. The smallest absolute Gasteiger partial charge is 0.303 e. The second kappa shape index (κ2) is 11.0. The summed E-state index contributed by atoms with van der Waals surface area (Å²) in [5.41, 5.74) is 0. The number of hydrogen-bond acceptors (Lipinski definition) is 2. The molecule has 0 saturated carbocycles. The first kappa shape index (κ1) is 16.3. The molecule has 0 unspecified atom stereocenters. The molecule has 4 N–H and O–H groups in total. The fourth-order valence-corrected chi connectivity index (χ4v) is 1.26. The molecule has 0 saturated heterocycles. The molecule has 0 aliphatic heterocycles. The van der Waals surface area contributed by atoms with Gasteiger partial charge in [-0.05, 0) is 12.8 Å². The van der Waals surface area contributed by atoms with E-state index in [-0.39, 0.29) is 18.3 Å². The molecule has 0 rings (SSSR count). The van der Waals surface area contributed by atoms with E-state index in [1.54, 1.807) is 0 Å². The standard InChI is InChI=1S/C10H18O4.H2O/c11-9(12)7-5-3-1-2-4-6-8-10(13)14;/h1-8H2,(H,11,12)(H,13,14);1H2. The van der Waals surface area contributed by atoms with Crippen LogP contribution in [0.2, 0.25) is 0 Å². The highest BCUT2D eigenvalue weighted by atomic mass is 16.4. The van der Waals surface area contributed by atoms with Crippen molar-refractivity contribution in [2.45, 2.75) is 51.4 Å². The fraction of sp³-hybridized carbons (Fsp3) is 0.800. The molecule has 0 atom stereocenters. The highest BCUT2D eigenvalue weighted by Crippen LogP contribution is 2.08. The van der Waals surface area contributed by atoms with E-state index in [4.69, 9.17) is 10.2 Å². The van der Waals surface area contributed by atoms with E-state index in [1.807, 2.05) is 0 Å². The molecular weight excluding hydrogens is 200 g/mol. The van der Waals surface area contributed by atoms with Crippen molar-refractivity contribution in [2.24, 2.45) is 0 Å². The normalized spacial score (nSPS) is 9.33. The highest BCUT2D eigenvalue weighted by molar-refractivity contribution is 5.66. The molecule has 0 aliphatic rings. The Morgan fingerprint density at radius 2 is 0.933 bits per heavy atom. The van der Waals surface area contributed by atoms with Gasteiger partial charge in [0, 0.05) is 12.8 Å². The van der Waals surface area contributed by atoms with Gasteiger partial charge in [0.25, 0.3) is 0 Å². The minimum Gasteiger partial charge on any atom is -0.481 e. The van der Waals surface area contributed by atoms with Crippen LogP contribution < -0.4 is 0 Å². The van der Waals surface area contributed by atoms with E-state index in [0.29, 0.717) is 0 Å². The van der Waals surface area contributed by atoms with Gasteiger partial charge in [-0.15, -0.1) is 0 Å². The van der Waals surface area contributed by atoms with Crippen molar-refractivity contribution in [2.75, 3.05) is 0 Å². The highest BCUT2D eigenvalue weighted by Gasteiger charge is 1.98. The Kier molecular flexibility index (Phi) is 12.0. The van der Waals surface area contributed by atoms with Crippen molar-refractivity contribution < 1.29 is 25.3 Å². The van der Waals surface area contributed by atoms with Gasteiger partial charge in [-0.2, -0.15) is 0 Å². The lowest BCUT2D eigenvalue weighted by atomic mass is 10.1. The maximum Gasteiger partial charge on any atom is 0.303 e. The molecule has 0 amide bonds. The second-order valence-corrected chi connectivity index (χ2v) is 3.41. The Bertz CT molecular complexity index is 159. The first-order valence-electron chi connectivity index (χ1n) is 5.06. The summed E-state index contributed by atoms with van der Waals surface area (Å²) in [6.07, 6.45) is 5.82. The van der Waals surface area contributed by atoms with Gasteiger partial charge in [0.2, 0.25) is 0 Å². The van der Waals surface area contributed by atoms with Gasteiger partial charge in [-0.3, -0.25) is 9.59 Å². The van der Waals surface area contributed by atoms with Crippen LogP contribution in [0.5, 0.6) is 0 Å². The molecule has 0 heterocycles. The molecule has 0 radical (unpaired) electrons. The van der Waals surface area contributed by atoms with Crippen molar-refractivity contribution in [1.82, 2.24) is 0 Å². The summed E-state index contributed by atoms with van der Waals surface area (Å²) in [6.45, 7) is 0. The van der Waals surface area contributed by atoms with Crippen molar-refractivity contribution in [3.05, 3.63) is 0 Å². The molecule has 90 valence electrons. The van der Waals surface area contributed by atoms with Gasteiger partial charge in [-0.1, -0.05) is 25.7 Å². The minimum absolute atomic E-state index is 0. The van der Waals surface area contributed by atoms with E-state index in [0.717, 1.165) is 38.5 Å². The van der Waals surface area contributed by atoms with Crippen molar-refractivity contribution in [3.8, 4) is 0 Å². The average molecular weight is 220 g/mol. The summed E-state index contributed by atoms with van der Waals surface area (Å²) in [6, 6.07) is 0. The number of rotatable bonds is 9. The maximum absolute atomic E-state index is 10.1. The molecule has 0 bridgehead atoms. The minimum atomic E-state index is -0.740. The van der Waals surface area contributed by atoms with Crippen LogP contribution in [0.4, 0.5) is 0 Å². The summed E-state index contributed by atoms with van der Waals surface area (Å²) >= 11 is 0. The SMILES string of the molecule is O.O=C(O)CCCCCCCCC(=O)O. The zero-order chi connectivity index (χ0) is 10.8. The molecule has 0 aromatic carbocycles. The summed E-state index contributed by atoms with van der Waals surface area (Å²) in [5, 5.41) is 16.7. The van der Waals surface area contributed by atoms with Crippen LogP contribution in [0, 0.1) is 0 Å². The van der Waals surface area contributed by atoms with E-state index in [2.05, 4.69) is 0 Å². The van der Waals surface area contributed by atoms with Gasteiger partial charge in [0.15, 0.2) is 0 Å². The molecular formula is C10H20O5. The van der Waals surface area contributed by atoms with Crippen LogP contribution >= 0.6 is 0 Å². The Balaban J connectivity index is 0. The van der Waals surface area contributed by atoms with Gasteiger partial charge in [-0.25, -0.2) is 0 Å². The third-order valence-corrected chi connectivity index (χ3v) is 2.03. The van der Waals surface area contributed by atoms with Crippen LogP contribution in [0.15, 0.2) is 0 Å². The maximum atomic E-state index is 10.1. The zero-order valence-electron chi connectivity index (χ0n) is 8.87. The lowest BCUT2D eigenvalue weighted by Gasteiger charge is -1.98. The molecule has 5 nitrogen and oxygen atoms in total. The predicted molar refractivity (Wildman–Crippen MR) is 55.8 cm³/mol. The molecule has 0 aliphatic carbocycles. The second-order valence-electron chi connectivity index (χ2n) is 3.41. The lowest BCUT2D eigenvalue weighted by Crippen LogP contribution is -1.94. The number of aliphatic carboxylic acids is 2. The number of unbranched alkanes of at least 4 members (excludes halogenated alkanes) is 5. The molecule has 5 heteroatoms. The summed E-state index contributed by atoms with van der Waals surface area (Å²) in [4.78, 5) is 20.3. The first-order valence-corrected chi connectivity index (χ1v) is 5.06. The van der Waals surface area contributed by atoms with Crippen LogP contribution in [-0.2, 0) is 9.59 Å². The van der Waals surface area contributed by atoms with E-state index < -0.39 is 11.9 Å². The Morgan fingerprint density at radius 3 is 1.20 bits per heavy atom. The van der Waals surface area contributed by atoms with Crippen molar-refractivity contribution in [1.29, 1.82) is 0 Å². The summed E-state index contributed by atoms with van der Waals surface area (Å²) in [5.74, 6) is -1.48. The number of carbonyl (C=O) groups is 2. The van der Waals surface area contributed by atoms with Crippen LogP contribution in [-0.4, -0.2) is 27.6 Å². The molecule has 0 spiro atoms. The molecule has 0 aromatic rings. The van der Waals surface area contributed by atoms with Crippen molar-refractivity contribution >= 4 is 11.9 Å². The Labute approximate surface area is 89.4 Å². The van der Waals surface area contributed by atoms with E-state index in [1.165, 1.54) is 0 Å². The van der Waals surface area contributed by atoms with Gasteiger partial charge < -0.3 is 15.7 Å². The topological polar surface area (TPSA) is 106 Å². The van der Waals surface area contributed by atoms with E-state index in [9.17, 15) is 9.59 Å². The van der Waals surface area contributed by atoms with Crippen molar-refractivity contribution in [3.63, 3.8) is 0 Å². The average Bonchev–Trinajstić information content (AvgIpc) is 2.08. The van der Waals surface area contributed by atoms with Crippen LogP contribution in [0.1, 0.15) is 51.4 Å². The molecule has 15 heavy (non-hydrogen) atoms. The third kappa shape index (κ3) is 15.6. The number of hydrogen-bond donors (Lipinski definition) is 2. The lowest BCUT2D eigenvalue weighted by molar-refractivity contribution is -0.138. The summed E-state index contributed by atoms with van der Waals surface area (Å²) in [7, 11) is 0. The third-order valence-electron chi connectivity index (χ3n) is 2.03. The number of carboxylic acids is 2. The van der Waals surface area contributed by atoms with Crippen LogP contribution in [0.3, 0.4) is 0 Å². The monoisotopic (exact) mass is 220 g/mol. The first-order chi connectivity index (χ1) is 6.63. The quantitative estimate of drug-likeness (QED) is 0.573. The zero-order valence-corrected chi connectivity index (χ0v) is 8.87. The fourth-order valence-electron chi connectivity index (χ4n) is 1.26. The van der Waals surface area contributed by atoms with Gasteiger partial charge in [0.1, 0.15) is 0 Å². The van der Waals surface area contributed by atoms with E-state index >= 15 is 0 Å². The number of carboxylic acid groups (broad SMARTS) is 2. The molecule has 0 fully saturated rings. The Hall–Kier alpha value is -1.10. The van der Waals surface area contributed by atoms with Crippen LogP contribution in [0.25, 0.3) is 0 Å². The van der Waals surface area contributed by atoms with Gasteiger partial charge >= 0.3 is 11.9 Å². The van der Waals surface area contributed by atoms with Gasteiger partial charge in [0.05, 0.1) is 0 Å². The Morgan fingerprint density at radius 1 is 0.667 bits per heavy atom.